The predicted octanol–water partition coefficient (Wildman–Crippen LogP) is 2.71. The lowest BCUT2D eigenvalue weighted by Gasteiger charge is -2.14. The molecule has 0 unspecified atom stereocenters. The Balaban J connectivity index is 1.90. The average molecular weight is 390 g/mol. The summed E-state index contributed by atoms with van der Waals surface area (Å²) in [6.07, 6.45) is 1.68. The van der Waals surface area contributed by atoms with E-state index in [-0.39, 0.29) is 16.5 Å². The lowest BCUT2D eigenvalue weighted by molar-refractivity contribution is 0.102. The Labute approximate surface area is 158 Å². The third-order valence-electron chi connectivity index (χ3n) is 4.32. The van der Waals surface area contributed by atoms with Crippen molar-refractivity contribution >= 4 is 21.6 Å². The van der Waals surface area contributed by atoms with Gasteiger partial charge in [-0.3, -0.25) is 4.79 Å². The van der Waals surface area contributed by atoms with E-state index in [2.05, 4.69) is 10.0 Å². The number of sulfonamides is 1. The maximum absolute atomic E-state index is 12.8. The third-order valence-corrected chi connectivity index (χ3v) is 5.84. The van der Waals surface area contributed by atoms with Crippen molar-refractivity contribution in [2.24, 2.45) is 0 Å². The molecule has 0 heterocycles. The van der Waals surface area contributed by atoms with E-state index < -0.39 is 15.9 Å². The number of carbonyl (C=O) groups is 1. The number of hydrogen-bond donors (Lipinski definition) is 2. The zero-order valence-corrected chi connectivity index (χ0v) is 16.2. The average Bonchev–Trinajstić information content (AvgIpc) is 3.45. The van der Waals surface area contributed by atoms with E-state index in [1.807, 2.05) is 0 Å². The van der Waals surface area contributed by atoms with Crippen molar-refractivity contribution in [3.63, 3.8) is 0 Å². The van der Waals surface area contributed by atoms with Gasteiger partial charge in [0.15, 0.2) is 0 Å². The zero-order chi connectivity index (χ0) is 19.6. The lowest BCUT2D eigenvalue weighted by Crippen LogP contribution is -2.26. The van der Waals surface area contributed by atoms with Crippen LogP contribution in [0, 0.1) is 6.92 Å². The van der Waals surface area contributed by atoms with E-state index in [0.29, 0.717) is 22.7 Å². The first-order valence-electron chi connectivity index (χ1n) is 8.50. The lowest BCUT2D eigenvalue weighted by atomic mass is 10.1. The SMILES string of the molecule is COc1ccc(OC)c(NC(=O)c2cc(S(=O)(=O)NC3CC3)ccc2C)c1. The van der Waals surface area contributed by atoms with Crippen LogP contribution in [0.25, 0.3) is 0 Å². The molecule has 1 aliphatic carbocycles. The van der Waals surface area contributed by atoms with Crippen molar-refractivity contribution in [1.29, 1.82) is 0 Å². The minimum absolute atomic E-state index is 0.00498. The molecule has 2 N–H and O–H groups in total. The van der Waals surface area contributed by atoms with E-state index in [4.69, 9.17) is 9.47 Å². The molecule has 27 heavy (non-hydrogen) atoms. The number of carbonyl (C=O) groups excluding carboxylic acids is 1. The molecule has 3 rings (SSSR count). The molecule has 1 fully saturated rings. The first kappa shape index (κ1) is 19.2. The summed E-state index contributed by atoms with van der Waals surface area (Å²) in [6.45, 7) is 1.75. The fraction of sp³-hybridized carbons (Fsp3) is 0.316. The molecule has 0 bridgehead atoms. The first-order chi connectivity index (χ1) is 12.8. The first-order valence-corrected chi connectivity index (χ1v) is 9.98. The summed E-state index contributed by atoms with van der Waals surface area (Å²) in [5, 5.41) is 2.77. The summed E-state index contributed by atoms with van der Waals surface area (Å²) in [5.74, 6) is 0.608. The van der Waals surface area contributed by atoms with Gasteiger partial charge in [-0.15, -0.1) is 0 Å². The molecule has 0 aromatic heterocycles. The fourth-order valence-electron chi connectivity index (χ4n) is 2.60. The van der Waals surface area contributed by atoms with Crippen molar-refractivity contribution in [2.45, 2.75) is 30.7 Å². The molecule has 0 saturated heterocycles. The van der Waals surface area contributed by atoms with Crippen molar-refractivity contribution in [3.05, 3.63) is 47.5 Å². The second-order valence-electron chi connectivity index (χ2n) is 6.39. The van der Waals surface area contributed by atoms with Crippen LogP contribution in [0.5, 0.6) is 11.5 Å². The van der Waals surface area contributed by atoms with Gasteiger partial charge in [-0.05, 0) is 49.6 Å². The number of ether oxygens (including phenoxy) is 2. The van der Waals surface area contributed by atoms with Gasteiger partial charge in [0, 0.05) is 17.7 Å². The Morgan fingerprint density at radius 3 is 2.44 bits per heavy atom. The molecular weight excluding hydrogens is 368 g/mol. The summed E-state index contributed by atoms with van der Waals surface area (Å²) in [7, 11) is -0.615. The topological polar surface area (TPSA) is 93.7 Å². The number of benzene rings is 2. The Bertz CT molecular complexity index is 968. The summed E-state index contributed by atoms with van der Waals surface area (Å²) in [4.78, 5) is 12.9. The Morgan fingerprint density at radius 2 is 1.81 bits per heavy atom. The van der Waals surface area contributed by atoms with Gasteiger partial charge in [0.1, 0.15) is 11.5 Å². The van der Waals surface area contributed by atoms with E-state index in [1.54, 1.807) is 31.2 Å². The van der Waals surface area contributed by atoms with Gasteiger partial charge in [-0.1, -0.05) is 6.07 Å². The molecule has 0 aliphatic heterocycles. The minimum Gasteiger partial charge on any atom is -0.497 e. The second-order valence-corrected chi connectivity index (χ2v) is 8.11. The zero-order valence-electron chi connectivity index (χ0n) is 15.4. The normalized spacial score (nSPS) is 13.9. The number of nitrogens with one attached hydrogen (secondary N) is 2. The highest BCUT2D eigenvalue weighted by molar-refractivity contribution is 7.89. The fourth-order valence-corrected chi connectivity index (χ4v) is 3.93. The quantitative estimate of drug-likeness (QED) is 0.758. The highest BCUT2D eigenvalue weighted by Gasteiger charge is 2.28. The maximum atomic E-state index is 12.8. The molecule has 1 aliphatic rings. The smallest absolute Gasteiger partial charge is 0.256 e. The van der Waals surface area contributed by atoms with Gasteiger partial charge >= 0.3 is 0 Å². The van der Waals surface area contributed by atoms with Crippen LogP contribution in [-0.2, 0) is 10.0 Å². The third kappa shape index (κ3) is 4.40. The number of hydrogen-bond acceptors (Lipinski definition) is 5. The van der Waals surface area contributed by atoms with Gasteiger partial charge < -0.3 is 14.8 Å². The Kier molecular flexibility index (Phi) is 5.38. The number of methoxy groups -OCH3 is 2. The Morgan fingerprint density at radius 1 is 1.07 bits per heavy atom. The molecule has 144 valence electrons. The summed E-state index contributed by atoms with van der Waals surface area (Å²) in [6, 6.07) is 9.55. The van der Waals surface area contributed by atoms with Crippen LogP contribution in [0.15, 0.2) is 41.3 Å². The van der Waals surface area contributed by atoms with Crippen molar-refractivity contribution in [1.82, 2.24) is 4.72 Å². The van der Waals surface area contributed by atoms with E-state index in [9.17, 15) is 13.2 Å². The molecule has 7 nitrogen and oxygen atoms in total. The van der Waals surface area contributed by atoms with Crippen molar-refractivity contribution in [3.8, 4) is 11.5 Å². The molecular formula is C19H22N2O5S. The summed E-state index contributed by atoms with van der Waals surface area (Å²) in [5.41, 5.74) is 1.38. The molecule has 2 aromatic rings. The minimum atomic E-state index is -3.64. The van der Waals surface area contributed by atoms with Crippen LogP contribution in [0.2, 0.25) is 0 Å². The number of anilines is 1. The number of rotatable bonds is 7. The molecule has 8 heteroatoms. The van der Waals surface area contributed by atoms with Crippen molar-refractivity contribution < 1.29 is 22.7 Å². The van der Waals surface area contributed by atoms with Crippen LogP contribution in [0.1, 0.15) is 28.8 Å². The van der Waals surface area contributed by atoms with Crippen molar-refractivity contribution in [2.75, 3.05) is 19.5 Å². The molecule has 2 aromatic carbocycles. The number of amides is 1. The van der Waals surface area contributed by atoms with E-state index >= 15 is 0 Å². The standard InChI is InChI=1S/C19H22N2O5S/c1-12-4-8-15(27(23,24)21-13-5-6-13)11-16(12)19(22)20-17-10-14(25-2)7-9-18(17)26-3/h4,7-11,13,21H,5-6H2,1-3H3,(H,20,22). The number of aryl methyl sites for hydroxylation is 1. The van der Waals surface area contributed by atoms with Gasteiger partial charge in [0.2, 0.25) is 10.0 Å². The van der Waals surface area contributed by atoms with E-state index in [0.717, 1.165) is 12.8 Å². The molecule has 0 radical (unpaired) electrons. The van der Waals surface area contributed by atoms with Gasteiger partial charge in [-0.25, -0.2) is 13.1 Å². The second kappa shape index (κ2) is 7.58. The predicted molar refractivity (Wildman–Crippen MR) is 102 cm³/mol. The maximum Gasteiger partial charge on any atom is 0.256 e. The summed E-state index contributed by atoms with van der Waals surface area (Å²) < 4.78 is 37.9. The van der Waals surface area contributed by atoms with Crippen LogP contribution in [-0.4, -0.2) is 34.6 Å². The molecule has 1 saturated carbocycles. The molecule has 0 spiro atoms. The van der Waals surface area contributed by atoms with Crippen LogP contribution in [0.4, 0.5) is 5.69 Å². The molecule has 0 atom stereocenters. The van der Waals surface area contributed by atoms with Crippen LogP contribution < -0.4 is 19.5 Å². The highest BCUT2D eigenvalue weighted by Crippen LogP contribution is 2.30. The van der Waals surface area contributed by atoms with E-state index in [1.165, 1.54) is 26.4 Å². The Hall–Kier alpha value is -2.58. The largest absolute Gasteiger partial charge is 0.497 e. The summed E-state index contributed by atoms with van der Waals surface area (Å²) >= 11 is 0. The van der Waals surface area contributed by atoms with Crippen LogP contribution >= 0.6 is 0 Å². The van der Waals surface area contributed by atoms with Gasteiger partial charge in [0.25, 0.3) is 5.91 Å². The monoisotopic (exact) mass is 390 g/mol. The molecule has 1 amide bonds. The van der Waals surface area contributed by atoms with Gasteiger partial charge in [-0.2, -0.15) is 0 Å². The highest BCUT2D eigenvalue weighted by atomic mass is 32.2. The van der Waals surface area contributed by atoms with Crippen LogP contribution in [0.3, 0.4) is 0 Å². The van der Waals surface area contributed by atoms with Gasteiger partial charge in [0.05, 0.1) is 24.8 Å².